The molecule has 0 spiro atoms. The van der Waals surface area contributed by atoms with Gasteiger partial charge >= 0.3 is 0 Å². The Kier molecular flexibility index (Phi) is 3.46. The van der Waals surface area contributed by atoms with Gasteiger partial charge in [0.2, 0.25) is 0 Å². The summed E-state index contributed by atoms with van der Waals surface area (Å²) in [7, 11) is 0. The summed E-state index contributed by atoms with van der Waals surface area (Å²) < 4.78 is 0. The number of halogens is 2. The Morgan fingerprint density at radius 2 is 1.59 bits per heavy atom. The number of nitrogen functional groups attached to an aromatic ring is 2. The van der Waals surface area contributed by atoms with E-state index < -0.39 is 0 Å². The largest absolute Gasteiger partial charge is 0.398 e. The van der Waals surface area contributed by atoms with E-state index in [1.807, 2.05) is 18.2 Å². The van der Waals surface area contributed by atoms with Gasteiger partial charge in [-0.1, -0.05) is 29.3 Å². The topological polar surface area (TPSA) is 52.0 Å². The van der Waals surface area contributed by atoms with E-state index in [-0.39, 0.29) is 0 Å². The van der Waals surface area contributed by atoms with Gasteiger partial charge in [-0.25, -0.2) is 0 Å². The second-order valence-corrected chi connectivity index (χ2v) is 4.72. The lowest BCUT2D eigenvalue weighted by atomic mass is 10.0. The van der Waals surface area contributed by atoms with E-state index in [4.69, 9.17) is 34.7 Å². The minimum atomic E-state index is 0.558. The SMILES string of the molecule is Nc1ccc(Cc2cc(Cl)ccc2N)cc1Cl. The van der Waals surface area contributed by atoms with Crippen molar-refractivity contribution in [3.8, 4) is 0 Å². The van der Waals surface area contributed by atoms with Crippen LogP contribution < -0.4 is 11.5 Å². The third-order valence-corrected chi connectivity index (χ3v) is 3.13. The molecule has 2 nitrogen and oxygen atoms in total. The summed E-state index contributed by atoms with van der Waals surface area (Å²) >= 11 is 11.9. The van der Waals surface area contributed by atoms with Crippen molar-refractivity contribution in [3.05, 3.63) is 57.6 Å². The predicted octanol–water partition coefficient (Wildman–Crippen LogP) is 3.75. The van der Waals surface area contributed by atoms with Crippen molar-refractivity contribution in [2.45, 2.75) is 6.42 Å². The molecule has 0 fully saturated rings. The first kappa shape index (κ1) is 12.1. The molecular formula is C13H12Cl2N2. The van der Waals surface area contributed by atoms with E-state index in [2.05, 4.69) is 0 Å². The van der Waals surface area contributed by atoms with E-state index in [9.17, 15) is 0 Å². The Morgan fingerprint density at radius 1 is 0.882 bits per heavy atom. The summed E-state index contributed by atoms with van der Waals surface area (Å²) in [6, 6.07) is 11.0. The number of anilines is 2. The summed E-state index contributed by atoms with van der Waals surface area (Å²) in [5, 5.41) is 1.24. The monoisotopic (exact) mass is 266 g/mol. The number of nitrogens with two attached hydrogens (primary N) is 2. The molecule has 0 aromatic heterocycles. The molecule has 0 heterocycles. The Bertz CT molecular complexity index is 553. The minimum absolute atomic E-state index is 0.558. The second kappa shape index (κ2) is 4.86. The van der Waals surface area contributed by atoms with E-state index in [1.165, 1.54) is 0 Å². The molecule has 0 amide bonds. The molecule has 88 valence electrons. The van der Waals surface area contributed by atoms with Crippen LogP contribution in [-0.4, -0.2) is 0 Å². The van der Waals surface area contributed by atoms with Gasteiger partial charge < -0.3 is 11.5 Å². The van der Waals surface area contributed by atoms with Crippen LogP contribution in [0.15, 0.2) is 36.4 Å². The van der Waals surface area contributed by atoms with Crippen LogP contribution in [-0.2, 0) is 6.42 Å². The van der Waals surface area contributed by atoms with Gasteiger partial charge in [0.1, 0.15) is 0 Å². The van der Waals surface area contributed by atoms with Crippen molar-refractivity contribution in [3.63, 3.8) is 0 Å². The van der Waals surface area contributed by atoms with Gasteiger partial charge in [-0.05, 0) is 47.9 Å². The van der Waals surface area contributed by atoms with Gasteiger partial charge in [0.25, 0.3) is 0 Å². The van der Waals surface area contributed by atoms with E-state index >= 15 is 0 Å². The molecule has 0 saturated carbocycles. The summed E-state index contributed by atoms with van der Waals surface area (Å²) in [6.07, 6.45) is 0.687. The molecule has 4 N–H and O–H groups in total. The van der Waals surface area contributed by atoms with E-state index in [0.717, 1.165) is 16.8 Å². The molecule has 2 rings (SSSR count). The van der Waals surface area contributed by atoms with Crippen molar-refractivity contribution < 1.29 is 0 Å². The summed E-state index contributed by atoms with van der Waals surface area (Å²) in [4.78, 5) is 0. The first-order valence-electron chi connectivity index (χ1n) is 5.14. The van der Waals surface area contributed by atoms with Crippen LogP contribution in [0.4, 0.5) is 11.4 Å². The fourth-order valence-electron chi connectivity index (χ4n) is 1.63. The van der Waals surface area contributed by atoms with Gasteiger partial charge in [0.15, 0.2) is 0 Å². The number of hydrogen-bond donors (Lipinski definition) is 2. The average molecular weight is 267 g/mol. The molecule has 0 aliphatic carbocycles. The Hall–Kier alpha value is -1.38. The Morgan fingerprint density at radius 3 is 2.29 bits per heavy atom. The van der Waals surface area contributed by atoms with Gasteiger partial charge in [-0.3, -0.25) is 0 Å². The number of rotatable bonds is 2. The summed E-state index contributed by atoms with van der Waals surface area (Å²) in [6.45, 7) is 0. The van der Waals surface area contributed by atoms with Crippen LogP contribution in [0.25, 0.3) is 0 Å². The lowest BCUT2D eigenvalue weighted by molar-refractivity contribution is 1.20. The minimum Gasteiger partial charge on any atom is -0.398 e. The van der Waals surface area contributed by atoms with Gasteiger partial charge in [-0.15, -0.1) is 0 Å². The first-order valence-corrected chi connectivity index (χ1v) is 5.89. The average Bonchev–Trinajstić information content (AvgIpc) is 2.29. The molecular weight excluding hydrogens is 255 g/mol. The van der Waals surface area contributed by atoms with Crippen molar-refractivity contribution in [1.82, 2.24) is 0 Å². The highest BCUT2D eigenvalue weighted by molar-refractivity contribution is 6.33. The highest BCUT2D eigenvalue weighted by atomic mass is 35.5. The predicted molar refractivity (Wildman–Crippen MR) is 74.5 cm³/mol. The fraction of sp³-hybridized carbons (Fsp3) is 0.0769. The van der Waals surface area contributed by atoms with Crippen LogP contribution in [0, 0.1) is 0 Å². The molecule has 0 saturated heterocycles. The van der Waals surface area contributed by atoms with Crippen molar-refractivity contribution in [1.29, 1.82) is 0 Å². The quantitative estimate of drug-likeness (QED) is 0.814. The molecule has 17 heavy (non-hydrogen) atoms. The highest BCUT2D eigenvalue weighted by Crippen LogP contribution is 2.24. The standard InChI is InChI=1S/C13H12Cl2N2/c14-10-2-4-12(16)9(7-10)5-8-1-3-13(17)11(15)6-8/h1-4,6-7H,5,16-17H2. The summed E-state index contributed by atoms with van der Waals surface area (Å²) in [5.41, 5.74) is 14.9. The van der Waals surface area contributed by atoms with E-state index in [0.29, 0.717) is 22.2 Å². The molecule has 0 bridgehead atoms. The normalized spacial score (nSPS) is 10.5. The molecule has 0 radical (unpaired) electrons. The smallest absolute Gasteiger partial charge is 0.0638 e. The maximum Gasteiger partial charge on any atom is 0.0638 e. The van der Waals surface area contributed by atoms with E-state index in [1.54, 1.807) is 18.2 Å². The summed E-state index contributed by atoms with van der Waals surface area (Å²) in [5.74, 6) is 0. The van der Waals surface area contributed by atoms with Gasteiger partial charge in [-0.2, -0.15) is 0 Å². The first-order chi connectivity index (χ1) is 8.06. The van der Waals surface area contributed by atoms with Crippen LogP contribution >= 0.6 is 23.2 Å². The van der Waals surface area contributed by atoms with Crippen LogP contribution in [0.3, 0.4) is 0 Å². The Balaban J connectivity index is 2.31. The maximum absolute atomic E-state index is 5.97. The third-order valence-electron chi connectivity index (χ3n) is 2.56. The second-order valence-electron chi connectivity index (χ2n) is 3.88. The lowest BCUT2D eigenvalue weighted by Gasteiger charge is -2.07. The van der Waals surface area contributed by atoms with Crippen molar-refractivity contribution in [2.24, 2.45) is 0 Å². The van der Waals surface area contributed by atoms with Gasteiger partial charge in [0, 0.05) is 10.7 Å². The number of hydrogen-bond acceptors (Lipinski definition) is 2. The molecule has 2 aromatic carbocycles. The zero-order chi connectivity index (χ0) is 12.4. The zero-order valence-corrected chi connectivity index (χ0v) is 10.6. The third kappa shape index (κ3) is 2.84. The Labute approximate surface area is 110 Å². The number of benzene rings is 2. The van der Waals surface area contributed by atoms with Crippen LogP contribution in [0.1, 0.15) is 11.1 Å². The maximum atomic E-state index is 5.97. The van der Waals surface area contributed by atoms with Crippen LogP contribution in [0.2, 0.25) is 10.0 Å². The molecule has 0 aliphatic heterocycles. The van der Waals surface area contributed by atoms with Crippen LogP contribution in [0.5, 0.6) is 0 Å². The van der Waals surface area contributed by atoms with Crippen molar-refractivity contribution >= 4 is 34.6 Å². The van der Waals surface area contributed by atoms with Gasteiger partial charge in [0.05, 0.1) is 10.7 Å². The molecule has 0 aliphatic rings. The molecule has 2 aromatic rings. The fourth-order valence-corrected chi connectivity index (χ4v) is 2.03. The lowest BCUT2D eigenvalue weighted by Crippen LogP contribution is -1.96. The molecule has 4 heteroatoms. The molecule has 0 unspecified atom stereocenters. The van der Waals surface area contributed by atoms with Crippen molar-refractivity contribution in [2.75, 3.05) is 11.5 Å². The zero-order valence-electron chi connectivity index (χ0n) is 9.08. The highest BCUT2D eigenvalue weighted by Gasteiger charge is 2.04. The molecule has 0 atom stereocenters.